The first-order valence-corrected chi connectivity index (χ1v) is 10.1. The fourth-order valence-corrected chi connectivity index (χ4v) is 3.83. The number of rotatable bonds is 7. The van der Waals surface area contributed by atoms with Crippen LogP contribution in [0.2, 0.25) is 0 Å². The highest BCUT2D eigenvalue weighted by Gasteiger charge is 2.22. The van der Waals surface area contributed by atoms with Gasteiger partial charge in [0.05, 0.1) is 17.2 Å². The molecule has 0 unspecified atom stereocenters. The molecule has 0 atom stereocenters. The van der Waals surface area contributed by atoms with Gasteiger partial charge in [-0.15, -0.1) is 0 Å². The zero-order chi connectivity index (χ0) is 21.8. The summed E-state index contributed by atoms with van der Waals surface area (Å²) in [6.07, 6.45) is 2.44. The average molecular weight is 435 g/mol. The lowest BCUT2D eigenvalue weighted by Crippen LogP contribution is -2.16. The van der Waals surface area contributed by atoms with E-state index >= 15 is 0 Å². The Hall–Kier alpha value is -3.92. The van der Waals surface area contributed by atoms with Gasteiger partial charge in [-0.1, -0.05) is 47.3 Å². The van der Waals surface area contributed by atoms with Gasteiger partial charge in [0, 0.05) is 15.4 Å². The number of aryl methyl sites for hydroxylation is 1. The van der Waals surface area contributed by atoms with E-state index in [1.807, 2.05) is 54.6 Å². The summed E-state index contributed by atoms with van der Waals surface area (Å²) in [7, 11) is 0. The number of anilines is 1. The maximum atomic E-state index is 13.0. The average Bonchev–Trinajstić information content (AvgIpc) is 3.38. The Morgan fingerprint density at radius 3 is 2.68 bits per heavy atom. The fourth-order valence-electron chi connectivity index (χ4n) is 2.91. The summed E-state index contributed by atoms with van der Waals surface area (Å²) in [5, 5.41) is 21.6. The number of nitrogens with zero attached hydrogens (tertiary/aromatic N) is 4. The van der Waals surface area contributed by atoms with Crippen LogP contribution >= 0.6 is 11.8 Å². The summed E-state index contributed by atoms with van der Waals surface area (Å²) in [4.78, 5) is 25.3. The molecule has 9 nitrogen and oxygen atoms in total. The van der Waals surface area contributed by atoms with Gasteiger partial charge >= 0.3 is 5.69 Å². The molecule has 0 fully saturated rings. The molecular formula is C21H17N5O4S. The Morgan fingerprint density at radius 2 is 1.94 bits per heavy atom. The standard InChI is InChI=1S/C21H17N5O4S/c1-14-17(13-25-12-15(11-22-25)26(28)29)20(24-30-14)21(27)23-18-9-5-6-10-19(18)31-16-7-3-2-4-8-16/h2-12H,13H2,1H3,(H,23,27). The highest BCUT2D eigenvalue weighted by atomic mass is 32.2. The molecule has 1 amide bonds. The summed E-state index contributed by atoms with van der Waals surface area (Å²) in [5.74, 6) is 0.00451. The lowest BCUT2D eigenvalue weighted by atomic mass is 10.2. The molecule has 0 aliphatic rings. The minimum Gasteiger partial charge on any atom is -0.361 e. The molecule has 2 aromatic carbocycles. The molecule has 2 heterocycles. The van der Waals surface area contributed by atoms with E-state index in [0.717, 1.165) is 16.0 Å². The second-order valence-electron chi connectivity index (χ2n) is 6.58. The lowest BCUT2D eigenvalue weighted by Gasteiger charge is -2.10. The Morgan fingerprint density at radius 1 is 1.19 bits per heavy atom. The summed E-state index contributed by atoms with van der Waals surface area (Å²) in [6.45, 7) is 1.79. The van der Waals surface area contributed by atoms with Crippen molar-refractivity contribution in [3.8, 4) is 0 Å². The molecule has 31 heavy (non-hydrogen) atoms. The van der Waals surface area contributed by atoms with E-state index in [9.17, 15) is 14.9 Å². The Balaban J connectivity index is 1.55. The predicted molar refractivity (Wildman–Crippen MR) is 114 cm³/mol. The first-order chi connectivity index (χ1) is 15.0. The number of para-hydroxylation sites is 1. The molecule has 156 valence electrons. The van der Waals surface area contributed by atoms with Crippen LogP contribution in [0.4, 0.5) is 11.4 Å². The summed E-state index contributed by atoms with van der Waals surface area (Å²) >= 11 is 1.53. The number of carbonyl (C=O) groups is 1. The fraction of sp³-hybridized carbons (Fsp3) is 0.0952. The van der Waals surface area contributed by atoms with Gasteiger partial charge in [0.1, 0.15) is 18.2 Å². The molecule has 10 heteroatoms. The van der Waals surface area contributed by atoms with Crippen LogP contribution in [0.15, 0.2) is 81.3 Å². The Bertz CT molecular complexity index is 1240. The number of hydrogen-bond donors (Lipinski definition) is 1. The van der Waals surface area contributed by atoms with Crippen LogP contribution in [0.25, 0.3) is 0 Å². The van der Waals surface area contributed by atoms with Gasteiger partial charge in [0.2, 0.25) is 0 Å². The lowest BCUT2D eigenvalue weighted by molar-refractivity contribution is -0.385. The maximum Gasteiger partial charge on any atom is 0.307 e. The van der Waals surface area contributed by atoms with E-state index in [1.54, 1.807) is 6.92 Å². The molecule has 1 N–H and O–H groups in total. The van der Waals surface area contributed by atoms with Crippen LogP contribution in [0.3, 0.4) is 0 Å². The normalized spacial score (nSPS) is 10.7. The molecule has 4 rings (SSSR count). The third-order valence-corrected chi connectivity index (χ3v) is 5.54. The number of nitrogens with one attached hydrogen (secondary N) is 1. The van der Waals surface area contributed by atoms with Crippen molar-refractivity contribution in [2.24, 2.45) is 0 Å². The highest BCUT2D eigenvalue weighted by Crippen LogP contribution is 2.33. The van der Waals surface area contributed by atoms with Gasteiger partial charge in [-0.25, -0.2) is 0 Å². The van der Waals surface area contributed by atoms with Crippen LogP contribution in [0, 0.1) is 17.0 Å². The van der Waals surface area contributed by atoms with Crippen LogP contribution < -0.4 is 5.32 Å². The van der Waals surface area contributed by atoms with E-state index < -0.39 is 10.8 Å². The third kappa shape index (κ3) is 4.64. The monoisotopic (exact) mass is 435 g/mol. The molecule has 0 aliphatic heterocycles. The highest BCUT2D eigenvalue weighted by molar-refractivity contribution is 7.99. The van der Waals surface area contributed by atoms with Gasteiger partial charge in [-0.2, -0.15) is 5.10 Å². The first-order valence-electron chi connectivity index (χ1n) is 9.26. The second kappa shape index (κ2) is 8.84. The minimum absolute atomic E-state index is 0.107. The molecular weight excluding hydrogens is 418 g/mol. The van der Waals surface area contributed by atoms with E-state index in [4.69, 9.17) is 4.52 Å². The van der Waals surface area contributed by atoms with Crippen LogP contribution in [-0.2, 0) is 6.54 Å². The number of aromatic nitrogens is 3. The van der Waals surface area contributed by atoms with Crippen molar-refractivity contribution in [3.05, 3.63) is 94.1 Å². The molecule has 0 saturated heterocycles. The Labute approximate surface area is 181 Å². The largest absolute Gasteiger partial charge is 0.361 e. The van der Waals surface area contributed by atoms with E-state index in [1.165, 1.54) is 22.6 Å². The van der Waals surface area contributed by atoms with Crippen molar-refractivity contribution in [1.82, 2.24) is 14.9 Å². The summed E-state index contributed by atoms with van der Waals surface area (Å²) in [6, 6.07) is 17.3. The van der Waals surface area contributed by atoms with Gasteiger partial charge in [0.15, 0.2) is 5.69 Å². The SMILES string of the molecule is Cc1onc(C(=O)Nc2ccccc2Sc2ccccc2)c1Cn1cc([N+](=O)[O-])cn1. The minimum atomic E-state index is -0.529. The van der Waals surface area contributed by atoms with Crippen molar-refractivity contribution in [3.63, 3.8) is 0 Å². The number of carbonyl (C=O) groups excluding carboxylic acids is 1. The summed E-state index contributed by atoms with van der Waals surface area (Å²) in [5.41, 5.74) is 1.12. The third-order valence-electron chi connectivity index (χ3n) is 4.46. The van der Waals surface area contributed by atoms with Crippen LogP contribution in [0.1, 0.15) is 21.8 Å². The number of hydrogen-bond acceptors (Lipinski definition) is 7. The van der Waals surface area contributed by atoms with Crippen molar-refractivity contribution >= 4 is 29.0 Å². The number of nitro groups is 1. The quantitative estimate of drug-likeness (QED) is 0.335. The zero-order valence-electron chi connectivity index (χ0n) is 16.4. The van der Waals surface area contributed by atoms with E-state index in [0.29, 0.717) is 17.0 Å². The molecule has 4 aromatic rings. The molecule has 0 aliphatic carbocycles. The van der Waals surface area contributed by atoms with Crippen LogP contribution in [-0.4, -0.2) is 25.8 Å². The van der Waals surface area contributed by atoms with Crippen molar-refractivity contribution in [2.75, 3.05) is 5.32 Å². The van der Waals surface area contributed by atoms with Crippen molar-refractivity contribution in [2.45, 2.75) is 23.3 Å². The number of benzene rings is 2. The van der Waals surface area contributed by atoms with Gasteiger partial charge in [-0.05, 0) is 31.2 Å². The van der Waals surface area contributed by atoms with Gasteiger partial charge in [-0.3, -0.25) is 19.6 Å². The maximum absolute atomic E-state index is 13.0. The first kappa shape index (κ1) is 20.4. The van der Waals surface area contributed by atoms with Crippen molar-refractivity contribution < 1.29 is 14.2 Å². The molecule has 0 bridgehead atoms. The van der Waals surface area contributed by atoms with E-state index in [2.05, 4.69) is 15.6 Å². The zero-order valence-corrected chi connectivity index (χ0v) is 17.2. The van der Waals surface area contributed by atoms with Gasteiger partial charge < -0.3 is 9.84 Å². The molecule has 0 spiro atoms. The number of amides is 1. The molecule has 0 saturated carbocycles. The van der Waals surface area contributed by atoms with E-state index in [-0.39, 0.29) is 17.9 Å². The molecule has 0 radical (unpaired) electrons. The molecule has 2 aromatic heterocycles. The van der Waals surface area contributed by atoms with Crippen LogP contribution in [0.5, 0.6) is 0 Å². The summed E-state index contributed by atoms with van der Waals surface area (Å²) < 4.78 is 6.58. The smallest absolute Gasteiger partial charge is 0.307 e. The predicted octanol–water partition coefficient (Wildman–Crippen LogP) is 4.54. The Kier molecular flexibility index (Phi) is 5.80. The topological polar surface area (TPSA) is 116 Å². The van der Waals surface area contributed by atoms with Crippen molar-refractivity contribution in [1.29, 1.82) is 0 Å². The second-order valence-corrected chi connectivity index (χ2v) is 7.70. The van der Waals surface area contributed by atoms with Gasteiger partial charge in [0.25, 0.3) is 5.91 Å².